The topological polar surface area (TPSA) is 45.8 Å². The van der Waals surface area contributed by atoms with E-state index in [-0.39, 0.29) is 10.4 Å². The number of H-pyrrole nitrogens is 1. The van der Waals surface area contributed by atoms with Gasteiger partial charge in [0.15, 0.2) is 0 Å². The summed E-state index contributed by atoms with van der Waals surface area (Å²) in [6.45, 7) is 2.64. The first kappa shape index (κ1) is 19.8. The smallest absolute Gasteiger partial charge is 0.323 e. The molecule has 0 spiro atoms. The summed E-state index contributed by atoms with van der Waals surface area (Å²) < 4.78 is 0.207. The number of quaternary nitrogens is 1. The van der Waals surface area contributed by atoms with Crippen molar-refractivity contribution in [3.63, 3.8) is 0 Å². The molecule has 0 saturated carbocycles. The molecule has 1 amide bonds. The largest absolute Gasteiger partial charge is 0.345 e. The van der Waals surface area contributed by atoms with Crippen LogP contribution in [0.3, 0.4) is 0 Å². The molecular formula is C26H26N3O+. The number of likely N-dealkylation sites (N-methyl/N-ethyl adjacent to an activating group) is 1. The van der Waals surface area contributed by atoms with E-state index in [4.69, 9.17) is 0 Å². The van der Waals surface area contributed by atoms with Crippen molar-refractivity contribution in [1.29, 1.82) is 0 Å². The summed E-state index contributed by atoms with van der Waals surface area (Å²) in [6, 6.07) is 26.4. The maximum absolute atomic E-state index is 13.6. The van der Waals surface area contributed by atoms with Gasteiger partial charge in [-0.1, -0.05) is 60.7 Å². The zero-order valence-electron chi connectivity index (χ0n) is 17.4. The molecule has 4 nitrogen and oxygen atoms in total. The van der Waals surface area contributed by atoms with Crippen molar-refractivity contribution in [1.82, 2.24) is 14.5 Å². The molecule has 1 unspecified atom stereocenters. The number of carbonyl (C=O) groups excluding carboxylic acids is 1. The van der Waals surface area contributed by atoms with Crippen molar-refractivity contribution in [2.24, 2.45) is 0 Å². The van der Waals surface area contributed by atoms with Gasteiger partial charge in [0.2, 0.25) is 0 Å². The van der Waals surface area contributed by atoms with E-state index < -0.39 is 0 Å². The van der Waals surface area contributed by atoms with Gasteiger partial charge in [-0.25, -0.2) is 14.3 Å². The first-order valence-electron chi connectivity index (χ1n) is 10.1. The third-order valence-electron chi connectivity index (χ3n) is 5.52. The molecule has 30 heavy (non-hydrogen) atoms. The van der Waals surface area contributed by atoms with Gasteiger partial charge in [-0.05, 0) is 30.2 Å². The van der Waals surface area contributed by atoms with E-state index in [2.05, 4.69) is 41.2 Å². The van der Waals surface area contributed by atoms with Crippen LogP contribution in [0.4, 0.5) is 5.69 Å². The fourth-order valence-corrected chi connectivity index (χ4v) is 3.81. The molecule has 1 atom stereocenters. The van der Waals surface area contributed by atoms with E-state index in [1.807, 2.05) is 67.8 Å². The Labute approximate surface area is 177 Å². The summed E-state index contributed by atoms with van der Waals surface area (Å²) in [5.74, 6) is 0.993. The lowest BCUT2D eigenvalue weighted by Crippen LogP contribution is -2.50. The number of rotatable bonds is 6. The zero-order chi connectivity index (χ0) is 21.0. The Bertz CT molecular complexity index is 1140. The highest BCUT2D eigenvalue weighted by Crippen LogP contribution is 2.28. The summed E-state index contributed by atoms with van der Waals surface area (Å²) in [5, 5.41) is 0. The SMILES string of the molecule is Cc1cccc([N+](C)(Cc2cccc(-c3ncc[nH]3)c2)C(=O)Cc2ccccc2)c1. The number of benzene rings is 3. The number of nitrogens with zero attached hydrogens (tertiary/aromatic N) is 2. The van der Waals surface area contributed by atoms with Crippen molar-refractivity contribution >= 4 is 11.6 Å². The van der Waals surface area contributed by atoms with Crippen LogP contribution >= 0.6 is 0 Å². The van der Waals surface area contributed by atoms with E-state index in [0.29, 0.717) is 13.0 Å². The first-order chi connectivity index (χ1) is 14.5. The van der Waals surface area contributed by atoms with Crippen molar-refractivity contribution in [2.75, 3.05) is 7.05 Å². The highest BCUT2D eigenvalue weighted by molar-refractivity contribution is 5.89. The molecule has 4 aromatic rings. The second-order valence-electron chi connectivity index (χ2n) is 7.88. The predicted octanol–water partition coefficient (Wildman–Crippen LogP) is 5.29. The molecule has 0 saturated heterocycles. The Hall–Kier alpha value is -3.50. The Morgan fingerprint density at radius 2 is 1.70 bits per heavy atom. The third-order valence-corrected chi connectivity index (χ3v) is 5.52. The number of imidazole rings is 1. The van der Waals surface area contributed by atoms with E-state index in [1.165, 1.54) is 0 Å². The number of aromatic nitrogens is 2. The second kappa shape index (κ2) is 8.47. The number of carbonyl (C=O) groups is 1. The molecule has 1 aromatic heterocycles. The van der Waals surface area contributed by atoms with Gasteiger partial charge >= 0.3 is 5.91 Å². The van der Waals surface area contributed by atoms with Crippen LogP contribution < -0.4 is 4.48 Å². The molecule has 4 rings (SSSR count). The van der Waals surface area contributed by atoms with Gasteiger partial charge < -0.3 is 4.98 Å². The minimum atomic E-state index is 0.162. The number of hydrogen-bond acceptors (Lipinski definition) is 2. The Balaban J connectivity index is 1.70. The van der Waals surface area contributed by atoms with Crippen LogP contribution in [0.15, 0.2) is 91.3 Å². The number of amides is 1. The van der Waals surface area contributed by atoms with Gasteiger partial charge in [0.25, 0.3) is 0 Å². The molecule has 0 aliphatic carbocycles. The van der Waals surface area contributed by atoms with E-state index in [0.717, 1.165) is 33.8 Å². The van der Waals surface area contributed by atoms with Crippen LogP contribution in [0.1, 0.15) is 16.7 Å². The molecule has 4 heteroatoms. The lowest BCUT2D eigenvalue weighted by atomic mass is 10.0. The minimum absolute atomic E-state index is 0.162. The number of hydrogen-bond donors (Lipinski definition) is 1. The number of nitrogens with one attached hydrogen (secondary N) is 1. The quantitative estimate of drug-likeness (QED) is 0.450. The van der Waals surface area contributed by atoms with Crippen LogP contribution in [0, 0.1) is 6.92 Å². The van der Waals surface area contributed by atoms with Crippen molar-refractivity contribution in [3.05, 3.63) is 108 Å². The minimum Gasteiger partial charge on any atom is -0.345 e. The lowest BCUT2D eigenvalue weighted by Gasteiger charge is -2.32. The van der Waals surface area contributed by atoms with Gasteiger partial charge in [-0.2, -0.15) is 0 Å². The standard InChI is InChI=1S/C26H26N3O/c1-20-8-6-13-24(16-20)29(2,25(30)18-21-9-4-3-5-10-21)19-22-11-7-12-23(17-22)26-27-14-15-28-26/h3-17H,18-19H2,1-2H3,(H,27,28)/q+1. The van der Waals surface area contributed by atoms with Gasteiger partial charge in [0.05, 0.1) is 13.5 Å². The molecule has 150 valence electrons. The maximum Gasteiger partial charge on any atom is 0.323 e. The maximum atomic E-state index is 13.6. The molecule has 0 aliphatic rings. The van der Waals surface area contributed by atoms with Crippen LogP contribution in [0.2, 0.25) is 0 Å². The molecular weight excluding hydrogens is 370 g/mol. The number of aryl methyl sites for hydroxylation is 1. The molecule has 1 heterocycles. The first-order valence-corrected chi connectivity index (χ1v) is 10.1. The molecule has 0 bridgehead atoms. The van der Waals surface area contributed by atoms with Gasteiger partial charge in [-0.15, -0.1) is 0 Å². The second-order valence-corrected chi connectivity index (χ2v) is 7.88. The van der Waals surface area contributed by atoms with Crippen LogP contribution in [-0.4, -0.2) is 22.9 Å². The van der Waals surface area contributed by atoms with E-state index in [1.54, 1.807) is 6.20 Å². The summed E-state index contributed by atoms with van der Waals surface area (Å²) in [6.07, 6.45) is 3.96. The van der Waals surface area contributed by atoms with E-state index >= 15 is 0 Å². The van der Waals surface area contributed by atoms with Crippen LogP contribution in [0.25, 0.3) is 11.4 Å². The molecule has 0 aliphatic heterocycles. The summed E-state index contributed by atoms with van der Waals surface area (Å²) in [4.78, 5) is 21.1. The lowest BCUT2D eigenvalue weighted by molar-refractivity contribution is -0.129. The Kier molecular flexibility index (Phi) is 5.59. The summed E-state index contributed by atoms with van der Waals surface area (Å²) >= 11 is 0. The predicted molar refractivity (Wildman–Crippen MR) is 122 cm³/mol. The average molecular weight is 397 g/mol. The zero-order valence-corrected chi connectivity index (χ0v) is 17.4. The average Bonchev–Trinajstić information content (AvgIpc) is 3.29. The van der Waals surface area contributed by atoms with Crippen LogP contribution in [-0.2, 0) is 17.8 Å². The highest BCUT2D eigenvalue weighted by Gasteiger charge is 2.34. The molecule has 0 radical (unpaired) electrons. The molecule has 0 fully saturated rings. The highest BCUT2D eigenvalue weighted by atomic mass is 16.2. The van der Waals surface area contributed by atoms with Crippen LogP contribution in [0.5, 0.6) is 0 Å². The fourth-order valence-electron chi connectivity index (χ4n) is 3.81. The number of aromatic amines is 1. The molecule has 3 aromatic carbocycles. The normalized spacial score (nSPS) is 13.0. The van der Waals surface area contributed by atoms with Gasteiger partial charge in [0, 0.05) is 29.6 Å². The Morgan fingerprint density at radius 1 is 0.933 bits per heavy atom. The Morgan fingerprint density at radius 3 is 2.43 bits per heavy atom. The van der Waals surface area contributed by atoms with Crippen molar-refractivity contribution in [3.8, 4) is 11.4 Å². The fraction of sp³-hybridized carbons (Fsp3) is 0.154. The van der Waals surface area contributed by atoms with Gasteiger partial charge in [-0.3, -0.25) is 0 Å². The summed E-state index contributed by atoms with van der Waals surface area (Å²) in [5.41, 5.74) is 5.29. The molecule has 1 N–H and O–H groups in total. The van der Waals surface area contributed by atoms with E-state index in [9.17, 15) is 4.79 Å². The van der Waals surface area contributed by atoms with Gasteiger partial charge in [0.1, 0.15) is 18.1 Å². The monoisotopic (exact) mass is 396 g/mol. The third kappa shape index (κ3) is 4.24. The van der Waals surface area contributed by atoms with Crippen molar-refractivity contribution < 1.29 is 4.79 Å². The summed E-state index contributed by atoms with van der Waals surface area (Å²) in [7, 11) is 2.01. The van der Waals surface area contributed by atoms with Crippen molar-refractivity contribution in [2.45, 2.75) is 19.9 Å².